The smallest absolute Gasteiger partial charge is 0.264 e. The zero-order valence-corrected chi connectivity index (χ0v) is 31.8. The minimum absolute atomic E-state index is 0.0891. The normalized spacial score (nSPS) is 20.4. The Morgan fingerprint density at radius 3 is 2.47 bits per heavy atom. The maximum Gasteiger partial charge on any atom is 0.264 e. The number of aryl methyl sites for hydroxylation is 1. The molecule has 57 heavy (non-hydrogen) atoms. The van der Waals surface area contributed by atoms with Crippen LogP contribution in [0.3, 0.4) is 0 Å². The van der Waals surface area contributed by atoms with Crippen LogP contribution in [-0.4, -0.2) is 96.2 Å². The van der Waals surface area contributed by atoms with Crippen LogP contribution in [-0.2, 0) is 16.1 Å². The van der Waals surface area contributed by atoms with Crippen molar-refractivity contribution in [3.8, 4) is 11.1 Å². The molecule has 2 atom stereocenters. The second kappa shape index (κ2) is 15.0. The minimum atomic E-state index is -0.981. The molecule has 0 aliphatic carbocycles. The lowest BCUT2D eigenvalue weighted by Gasteiger charge is -2.34. The number of amides is 5. The van der Waals surface area contributed by atoms with Crippen molar-refractivity contribution < 1.29 is 24.0 Å². The van der Waals surface area contributed by atoms with Crippen molar-refractivity contribution in [1.29, 1.82) is 0 Å². The summed E-state index contributed by atoms with van der Waals surface area (Å²) in [7, 11) is 2.12. The van der Waals surface area contributed by atoms with Gasteiger partial charge < -0.3 is 14.6 Å². The maximum absolute atomic E-state index is 13.6. The molecular weight excluding hydrogens is 725 g/mol. The van der Waals surface area contributed by atoms with Gasteiger partial charge in [-0.05, 0) is 94.3 Å². The number of rotatable bonds is 10. The fourth-order valence-electron chi connectivity index (χ4n) is 8.83. The highest BCUT2D eigenvalue weighted by Crippen LogP contribution is 2.36. The molecule has 292 valence electrons. The molecule has 9 rings (SSSR count). The SMILES string of the molecule is CN1CCC[C@@H]1c1cn2cc(NC(=O)c3ccc(-c4cnn(CCCC5CCN(c6cccc7c6C(=O)N(C6CCC(=O)NC6=O)C7=O)CC5)c4)cc3)ncc2n1. The van der Waals surface area contributed by atoms with E-state index in [9.17, 15) is 24.0 Å². The summed E-state index contributed by atoms with van der Waals surface area (Å²) in [6.45, 7) is 3.37. The Labute approximate surface area is 329 Å². The number of anilines is 2. The van der Waals surface area contributed by atoms with Gasteiger partial charge in [-0.25, -0.2) is 9.97 Å². The quantitative estimate of drug-likeness (QED) is 0.190. The van der Waals surface area contributed by atoms with Gasteiger partial charge in [-0.1, -0.05) is 18.2 Å². The first-order valence-corrected chi connectivity index (χ1v) is 19.8. The number of hydrogen-bond acceptors (Lipinski definition) is 10. The molecule has 0 bridgehead atoms. The van der Waals surface area contributed by atoms with Crippen molar-refractivity contribution in [1.82, 2.24) is 39.3 Å². The molecule has 3 saturated heterocycles. The van der Waals surface area contributed by atoms with Gasteiger partial charge in [-0.2, -0.15) is 5.10 Å². The van der Waals surface area contributed by atoms with Gasteiger partial charge >= 0.3 is 0 Å². The summed E-state index contributed by atoms with van der Waals surface area (Å²) in [5.74, 6) is -1.21. The van der Waals surface area contributed by atoms with Gasteiger partial charge in [0, 0.05) is 49.6 Å². The summed E-state index contributed by atoms with van der Waals surface area (Å²) in [5, 5.41) is 9.77. The third-order valence-corrected chi connectivity index (χ3v) is 12.0. The summed E-state index contributed by atoms with van der Waals surface area (Å²) in [6, 6.07) is 12.1. The molecule has 3 fully saturated rings. The third kappa shape index (κ3) is 7.07. The lowest BCUT2D eigenvalue weighted by atomic mass is 9.91. The van der Waals surface area contributed by atoms with Crippen LogP contribution in [0.15, 0.2) is 73.4 Å². The number of nitrogens with zero attached hydrogens (tertiary/aromatic N) is 8. The van der Waals surface area contributed by atoms with Crippen LogP contribution in [0, 0.1) is 5.92 Å². The maximum atomic E-state index is 13.6. The number of piperidine rings is 2. The van der Waals surface area contributed by atoms with E-state index in [4.69, 9.17) is 4.98 Å². The number of fused-ring (bicyclic) bond motifs is 2. The molecule has 0 spiro atoms. The van der Waals surface area contributed by atoms with Crippen LogP contribution < -0.4 is 15.5 Å². The van der Waals surface area contributed by atoms with E-state index < -0.39 is 29.7 Å². The molecule has 4 aliphatic rings. The summed E-state index contributed by atoms with van der Waals surface area (Å²) in [4.78, 5) is 78.9. The monoisotopic (exact) mass is 768 g/mol. The van der Waals surface area contributed by atoms with Crippen LogP contribution in [0.1, 0.15) is 94.2 Å². The minimum Gasteiger partial charge on any atom is -0.371 e. The highest BCUT2D eigenvalue weighted by Gasteiger charge is 2.46. The van der Waals surface area contributed by atoms with Crippen molar-refractivity contribution in [3.05, 3.63) is 95.8 Å². The number of benzene rings is 2. The van der Waals surface area contributed by atoms with Gasteiger partial charge in [0.25, 0.3) is 17.7 Å². The molecular formula is C42H44N10O5. The third-order valence-electron chi connectivity index (χ3n) is 12.0. The van der Waals surface area contributed by atoms with E-state index in [1.54, 1.807) is 24.5 Å². The topological polar surface area (TPSA) is 167 Å². The highest BCUT2D eigenvalue weighted by atomic mass is 16.2. The Bertz CT molecular complexity index is 2400. The van der Waals surface area contributed by atoms with Gasteiger partial charge in [0.15, 0.2) is 5.65 Å². The molecule has 2 aromatic carbocycles. The second-order valence-corrected chi connectivity index (χ2v) is 15.6. The highest BCUT2D eigenvalue weighted by molar-refractivity contribution is 6.25. The van der Waals surface area contributed by atoms with E-state index in [0.29, 0.717) is 34.5 Å². The van der Waals surface area contributed by atoms with Crippen molar-refractivity contribution in [3.63, 3.8) is 0 Å². The molecule has 5 amide bonds. The number of aromatic nitrogens is 5. The van der Waals surface area contributed by atoms with E-state index in [2.05, 4.69) is 37.6 Å². The van der Waals surface area contributed by atoms with Crippen LogP contribution in [0.5, 0.6) is 0 Å². The Morgan fingerprint density at radius 2 is 1.70 bits per heavy atom. The number of nitrogens with one attached hydrogen (secondary N) is 2. The van der Waals surface area contributed by atoms with Gasteiger partial charge in [0.2, 0.25) is 11.8 Å². The first-order valence-electron chi connectivity index (χ1n) is 19.8. The fourth-order valence-corrected chi connectivity index (χ4v) is 8.83. The van der Waals surface area contributed by atoms with Crippen LogP contribution in [0.25, 0.3) is 16.8 Å². The van der Waals surface area contributed by atoms with Crippen molar-refractivity contribution in [2.24, 2.45) is 5.92 Å². The van der Waals surface area contributed by atoms with Crippen LogP contribution >= 0.6 is 0 Å². The molecule has 3 aromatic heterocycles. The lowest BCUT2D eigenvalue weighted by Crippen LogP contribution is -2.54. The van der Waals surface area contributed by atoms with Crippen molar-refractivity contribution in [2.45, 2.75) is 70.0 Å². The lowest BCUT2D eigenvalue weighted by molar-refractivity contribution is -0.136. The Morgan fingerprint density at radius 1 is 0.877 bits per heavy atom. The van der Waals surface area contributed by atoms with Gasteiger partial charge in [0.05, 0.1) is 47.1 Å². The number of carbonyl (C=O) groups is 5. The molecule has 15 heteroatoms. The van der Waals surface area contributed by atoms with E-state index >= 15 is 0 Å². The van der Waals surface area contributed by atoms with Gasteiger partial charge in [0.1, 0.15) is 11.9 Å². The summed E-state index contributed by atoms with van der Waals surface area (Å²) in [6.07, 6.45) is 15.8. The number of hydrogen-bond donors (Lipinski definition) is 2. The standard InChI is InChI=1S/C42H44N10O5/c1-48-17-4-8-32(48)31-24-50-25-35(43-22-36(50)45-31)46-39(54)28-11-9-27(10-12-28)29-21-44-51(23-29)18-3-5-26-15-19-49(20-16-26)33-7-2-6-30-38(33)42(57)52(41(30)56)34-13-14-37(53)47-40(34)55/h2,6-7,9-12,21-26,32,34H,3-5,8,13-20H2,1H3,(H,46,54)(H,47,53,55)/t32-,34?/m1/s1. The zero-order chi connectivity index (χ0) is 39.2. The molecule has 1 unspecified atom stereocenters. The van der Waals surface area contributed by atoms with E-state index in [1.807, 2.05) is 58.0 Å². The first-order chi connectivity index (χ1) is 27.7. The molecule has 2 N–H and O–H groups in total. The number of carbonyl (C=O) groups excluding carboxylic acids is 5. The van der Waals surface area contributed by atoms with Gasteiger partial charge in [-0.3, -0.25) is 43.8 Å². The molecule has 0 radical (unpaired) electrons. The van der Waals surface area contributed by atoms with Crippen molar-refractivity contribution in [2.75, 3.05) is 36.9 Å². The molecule has 0 saturated carbocycles. The van der Waals surface area contributed by atoms with Crippen molar-refractivity contribution >= 4 is 46.7 Å². The number of likely N-dealkylation sites (tertiary alicyclic amines) is 1. The Kier molecular flexibility index (Phi) is 9.60. The number of imidazole rings is 1. The average molecular weight is 769 g/mol. The first kappa shape index (κ1) is 36.4. The summed E-state index contributed by atoms with van der Waals surface area (Å²) < 4.78 is 3.88. The average Bonchev–Trinajstić information content (AvgIpc) is 4.02. The fraction of sp³-hybridized carbons (Fsp3) is 0.381. The summed E-state index contributed by atoms with van der Waals surface area (Å²) in [5.41, 5.74) is 5.64. The second-order valence-electron chi connectivity index (χ2n) is 15.6. The van der Waals surface area contributed by atoms with E-state index in [1.165, 1.54) is 0 Å². The van der Waals surface area contributed by atoms with E-state index in [0.717, 1.165) is 97.8 Å². The van der Waals surface area contributed by atoms with Gasteiger partial charge in [-0.15, -0.1) is 0 Å². The largest absolute Gasteiger partial charge is 0.371 e. The molecule has 5 aromatic rings. The molecule has 15 nitrogen and oxygen atoms in total. The summed E-state index contributed by atoms with van der Waals surface area (Å²) >= 11 is 0. The molecule has 4 aliphatic heterocycles. The zero-order valence-electron chi connectivity index (χ0n) is 31.8. The Hall–Kier alpha value is -6.22. The predicted molar refractivity (Wildman–Crippen MR) is 210 cm³/mol. The molecule has 7 heterocycles. The predicted octanol–water partition coefficient (Wildman–Crippen LogP) is 4.71. The van der Waals surface area contributed by atoms with E-state index in [-0.39, 0.29) is 18.7 Å². The van der Waals surface area contributed by atoms with Crippen LogP contribution in [0.4, 0.5) is 11.5 Å². The number of imide groups is 2. The van der Waals surface area contributed by atoms with Crippen LogP contribution in [0.2, 0.25) is 0 Å². The Balaban J connectivity index is 0.753.